The third-order valence-electron chi connectivity index (χ3n) is 3.48. The first-order valence-electron chi connectivity index (χ1n) is 6.14. The molecule has 18 heavy (non-hydrogen) atoms. The van der Waals surface area contributed by atoms with Gasteiger partial charge in [-0.1, -0.05) is 12.2 Å². The van der Waals surface area contributed by atoms with Gasteiger partial charge in [0.05, 0.1) is 17.6 Å². The molecule has 2 rings (SSSR count). The Morgan fingerprint density at radius 3 is 2.83 bits per heavy atom. The van der Waals surface area contributed by atoms with E-state index >= 15 is 0 Å². The average molecular weight is 265 g/mol. The number of hydrogen-bond donors (Lipinski definition) is 2. The molecule has 1 aliphatic carbocycles. The fraction of sp³-hybridized carbons (Fsp3) is 0.538. The maximum atomic E-state index is 5.51. The van der Waals surface area contributed by atoms with Crippen LogP contribution in [0.15, 0.2) is 18.3 Å². The number of anilines is 1. The molecule has 0 spiro atoms. The number of nitrogens with one attached hydrogen (secondary N) is 1. The van der Waals surface area contributed by atoms with E-state index in [1.807, 2.05) is 12.1 Å². The van der Waals surface area contributed by atoms with Crippen molar-refractivity contribution in [1.29, 1.82) is 0 Å². The maximum Gasteiger partial charge on any atom is 0.122 e. The third-order valence-corrected chi connectivity index (χ3v) is 3.69. The Bertz CT molecular complexity index is 415. The highest BCUT2D eigenvalue weighted by atomic mass is 32.1. The molecule has 98 valence electrons. The maximum absolute atomic E-state index is 5.51. The number of ether oxygens (including phenoxy) is 1. The minimum Gasteiger partial charge on any atom is -0.388 e. The fourth-order valence-corrected chi connectivity index (χ4v) is 2.07. The number of aromatic nitrogens is 1. The van der Waals surface area contributed by atoms with Gasteiger partial charge in [0.15, 0.2) is 0 Å². The summed E-state index contributed by atoms with van der Waals surface area (Å²) in [6.07, 6.45) is 5.46. The molecule has 1 aromatic heterocycles. The lowest BCUT2D eigenvalue weighted by atomic mass is 10.0. The minimum absolute atomic E-state index is 0.334. The van der Waals surface area contributed by atoms with Gasteiger partial charge < -0.3 is 15.8 Å². The molecule has 1 saturated carbocycles. The predicted octanol–water partition coefficient (Wildman–Crippen LogP) is 1.94. The molecule has 1 heterocycles. The zero-order chi connectivity index (χ0) is 13.0. The summed E-state index contributed by atoms with van der Waals surface area (Å²) in [6.45, 7) is 1.81. The molecule has 1 fully saturated rings. The zero-order valence-electron chi connectivity index (χ0n) is 10.6. The molecule has 0 unspecified atom stereocenters. The van der Waals surface area contributed by atoms with E-state index in [4.69, 9.17) is 22.7 Å². The molecule has 0 atom stereocenters. The smallest absolute Gasteiger partial charge is 0.122 e. The van der Waals surface area contributed by atoms with Gasteiger partial charge in [-0.15, -0.1) is 0 Å². The molecular weight excluding hydrogens is 246 g/mol. The number of pyridine rings is 1. The summed E-state index contributed by atoms with van der Waals surface area (Å²) in [5.41, 5.74) is 7.61. The summed E-state index contributed by atoms with van der Waals surface area (Å²) in [4.78, 5) is 4.54. The lowest BCUT2D eigenvalue weighted by molar-refractivity contribution is 0.175. The normalized spacial score (nSPS) is 16.3. The number of methoxy groups -OCH3 is 1. The average Bonchev–Trinajstić information content (AvgIpc) is 3.15. The number of thiocarbonyl (C=S) groups is 1. The first-order valence-corrected chi connectivity index (χ1v) is 6.55. The summed E-state index contributed by atoms with van der Waals surface area (Å²) >= 11 is 4.87. The van der Waals surface area contributed by atoms with Crippen molar-refractivity contribution in [3.8, 4) is 0 Å². The first kappa shape index (κ1) is 13.2. The Hall–Kier alpha value is -1.20. The molecule has 0 radical (unpaired) electrons. The Morgan fingerprint density at radius 2 is 2.33 bits per heavy atom. The summed E-state index contributed by atoms with van der Waals surface area (Å²) in [5.74, 6) is 0. The topological polar surface area (TPSA) is 60.2 Å². The van der Waals surface area contributed by atoms with Crippen molar-refractivity contribution in [3.05, 3.63) is 24.0 Å². The Labute approximate surface area is 113 Å². The van der Waals surface area contributed by atoms with Crippen molar-refractivity contribution in [2.75, 3.05) is 25.6 Å². The highest BCUT2D eigenvalue weighted by Gasteiger charge is 2.41. The molecule has 4 nitrogen and oxygen atoms in total. The van der Waals surface area contributed by atoms with E-state index in [2.05, 4.69) is 10.3 Å². The van der Waals surface area contributed by atoms with Crippen LogP contribution >= 0.6 is 12.2 Å². The van der Waals surface area contributed by atoms with Crippen molar-refractivity contribution in [2.45, 2.75) is 19.3 Å². The van der Waals surface area contributed by atoms with E-state index in [1.165, 1.54) is 12.8 Å². The molecular formula is C13H19N3OS. The Morgan fingerprint density at radius 1 is 1.56 bits per heavy atom. The lowest BCUT2D eigenvalue weighted by Crippen LogP contribution is -2.17. The number of rotatable bonds is 7. The molecule has 0 aromatic carbocycles. The molecule has 0 aliphatic heterocycles. The fourth-order valence-electron chi connectivity index (χ4n) is 1.94. The summed E-state index contributed by atoms with van der Waals surface area (Å²) < 4.78 is 5.14. The second kappa shape index (κ2) is 5.63. The molecule has 0 bridgehead atoms. The van der Waals surface area contributed by atoms with Crippen LogP contribution in [-0.2, 0) is 4.74 Å². The van der Waals surface area contributed by atoms with Gasteiger partial charge in [-0.3, -0.25) is 4.98 Å². The van der Waals surface area contributed by atoms with Crippen molar-refractivity contribution in [2.24, 2.45) is 11.1 Å². The number of nitrogens with zero attached hydrogens (tertiary/aromatic N) is 1. The lowest BCUT2D eigenvalue weighted by Gasteiger charge is -2.16. The van der Waals surface area contributed by atoms with Crippen molar-refractivity contribution in [3.63, 3.8) is 0 Å². The predicted molar refractivity (Wildman–Crippen MR) is 76.8 cm³/mol. The second-order valence-corrected chi connectivity index (χ2v) is 5.33. The van der Waals surface area contributed by atoms with Crippen LogP contribution in [0.4, 0.5) is 5.69 Å². The van der Waals surface area contributed by atoms with Gasteiger partial charge in [-0.25, -0.2) is 0 Å². The standard InChI is InChI=1S/C13H19N3OS/c1-17-7-6-13(4-5-13)9-16-10-2-3-11(12(14)18)15-8-10/h2-3,8,16H,4-7,9H2,1H3,(H2,14,18). The molecule has 1 aliphatic rings. The van der Waals surface area contributed by atoms with Crippen molar-refractivity contribution in [1.82, 2.24) is 4.98 Å². The van der Waals surface area contributed by atoms with E-state index in [0.29, 0.717) is 16.1 Å². The third kappa shape index (κ3) is 3.40. The van der Waals surface area contributed by atoms with Gasteiger partial charge >= 0.3 is 0 Å². The summed E-state index contributed by atoms with van der Waals surface area (Å²) in [6, 6.07) is 3.81. The van der Waals surface area contributed by atoms with Gasteiger partial charge in [0.25, 0.3) is 0 Å². The van der Waals surface area contributed by atoms with E-state index in [1.54, 1.807) is 13.3 Å². The van der Waals surface area contributed by atoms with Crippen LogP contribution in [0.5, 0.6) is 0 Å². The van der Waals surface area contributed by atoms with Gasteiger partial charge in [0.2, 0.25) is 0 Å². The monoisotopic (exact) mass is 265 g/mol. The summed E-state index contributed by atoms with van der Waals surface area (Å²) in [7, 11) is 1.75. The van der Waals surface area contributed by atoms with E-state index < -0.39 is 0 Å². The second-order valence-electron chi connectivity index (χ2n) is 4.89. The molecule has 5 heteroatoms. The molecule has 0 amide bonds. The Balaban J connectivity index is 1.85. The van der Waals surface area contributed by atoms with Gasteiger partial charge in [-0.2, -0.15) is 0 Å². The van der Waals surface area contributed by atoms with Gasteiger partial charge in [0, 0.05) is 20.3 Å². The van der Waals surface area contributed by atoms with Crippen LogP contribution in [0.1, 0.15) is 25.0 Å². The zero-order valence-corrected chi connectivity index (χ0v) is 11.4. The number of hydrogen-bond acceptors (Lipinski definition) is 4. The molecule has 0 saturated heterocycles. The highest BCUT2D eigenvalue weighted by Crippen LogP contribution is 2.48. The minimum atomic E-state index is 0.334. The van der Waals surface area contributed by atoms with Crippen LogP contribution in [0.3, 0.4) is 0 Å². The van der Waals surface area contributed by atoms with E-state index in [9.17, 15) is 0 Å². The van der Waals surface area contributed by atoms with Crippen LogP contribution in [0.2, 0.25) is 0 Å². The van der Waals surface area contributed by atoms with Crippen LogP contribution in [-0.4, -0.2) is 30.2 Å². The highest BCUT2D eigenvalue weighted by molar-refractivity contribution is 7.80. The van der Waals surface area contributed by atoms with Crippen molar-refractivity contribution >= 4 is 22.9 Å². The van der Waals surface area contributed by atoms with Gasteiger partial charge in [-0.05, 0) is 36.8 Å². The first-order chi connectivity index (χ1) is 8.65. The van der Waals surface area contributed by atoms with E-state index in [-0.39, 0.29) is 0 Å². The molecule has 1 aromatic rings. The molecule has 3 N–H and O–H groups in total. The van der Waals surface area contributed by atoms with Crippen LogP contribution in [0.25, 0.3) is 0 Å². The SMILES string of the molecule is COCCC1(CNc2ccc(C(N)=S)nc2)CC1. The quantitative estimate of drug-likeness (QED) is 0.738. The van der Waals surface area contributed by atoms with Crippen molar-refractivity contribution < 1.29 is 4.74 Å². The van der Waals surface area contributed by atoms with Gasteiger partial charge in [0.1, 0.15) is 4.99 Å². The largest absolute Gasteiger partial charge is 0.388 e. The van der Waals surface area contributed by atoms with Crippen LogP contribution < -0.4 is 11.1 Å². The Kier molecular flexibility index (Phi) is 4.14. The number of nitrogens with two attached hydrogens (primary N) is 1. The van der Waals surface area contributed by atoms with Crippen LogP contribution in [0, 0.1) is 5.41 Å². The van der Waals surface area contributed by atoms with E-state index in [0.717, 1.165) is 25.3 Å². The summed E-state index contributed by atoms with van der Waals surface area (Å²) in [5, 5.41) is 3.42.